The van der Waals surface area contributed by atoms with E-state index in [1.165, 1.54) is 0 Å². The standard InChI is InChI=1S/C9H16O5S/c10-9(11)2-1-7-15(12,13)8-3-5-14-6-4-8/h8H,1-7H2,(H,10,11). The molecule has 0 aromatic rings. The molecule has 0 saturated carbocycles. The second-order valence-electron chi connectivity index (χ2n) is 3.68. The second kappa shape index (κ2) is 5.46. The van der Waals surface area contributed by atoms with Crippen LogP contribution in [0, 0.1) is 0 Å². The minimum absolute atomic E-state index is 0.0238. The third-order valence-corrected chi connectivity index (χ3v) is 4.84. The molecular weight excluding hydrogens is 220 g/mol. The highest BCUT2D eigenvalue weighted by Crippen LogP contribution is 2.17. The Balaban J connectivity index is 2.40. The maximum absolute atomic E-state index is 11.7. The molecule has 1 aliphatic rings. The van der Waals surface area contributed by atoms with Gasteiger partial charge in [0.15, 0.2) is 9.84 Å². The largest absolute Gasteiger partial charge is 0.481 e. The normalized spacial score (nSPS) is 18.9. The highest BCUT2D eigenvalue weighted by atomic mass is 32.2. The van der Waals surface area contributed by atoms with Crippen LogP contribution in [0.5, 0.6) is 0 Å². The molecule has 0 amide bonds. The van der Waals surface area contributed by atoms with E-state index in [9.17, 15) is 13.2 Å². The molecule has 0 aromatic carbocycles. The number of carboxylic acids is 1. The quantitative estimate of drug-likeness (QED) is 0.749. The molecule has 1 N–H and O–H groups in total. The Morgan fingerprint density at radius 1 is 1.33 bits per heavy atom. The van der Waals surface area contributed by atoms with Gasteiger partial charge in [-0.05, 0) is 19.3 Å². The fourth-order valence-corrected chi connectivity index (χ4v) is 3.42. The van der Waals surface area contributed by atoms with Crippen LogP contribution < -0.4 is 0 Å². The average Bonchev–Trinajstić information content (AvgIpc) is 2.18. The summed E-state index contributed by atoms with van der Waals surface area (Å²) in [6, 6.07) is 0. The van der Waals surface area contributed by atoms with Gasteiger partial charge in [0.2, 0.25) is 0 Å². The van der Waals surface area contributed by atoms with Crippen LogP contribution in [0.2, 0.25) is 0 Å². The predicted molar refractivity (Wildman–Crippen MR) is 54.5 cm³/mol. The Labute approximate surface area is 89.3 Å². The van der Waals surface area contributed by atoms with Crippen LogP contribution in [0.1, 0.15) is 25.7 Å². The topological polar surface area (TPSA) is 80.7 Å². The van der Waals surface area contributed by atoms with E-state index in [-0.39, 0.29) is 23.8 Å². The zero-order valence-corrected chi connectivity index (χ0v) is 9.33. The molecule has 1 fully saturated rings. The van der Waals surface area contributed by atoms with Crippen LogP contribution in [0.3, 0.4) is 0 Å². The zero-order chi connectivity index (χ0) is 11.3. The minimum atomic E-state index is -3.12. The Kier molecular flexibility index (Phi) is 4.53. The average molecular weight is 236 g/mol. The summed E-state index contributed by atoms with van der Waals surface area (Å²) in [6.45, 7) is 0.978. The maximum Gasteiger partial charge on any atom is 0.303 e. The van der Waals surface area contributed by atoms with Crippen LogP contribution in [0.4, 0.5) is 0 Å². The molecule has 88 valence electrons. The minimum Gasteiger partial charge on any atom is -0.481 e. The van der Waals surface area contributed by atoms with E-state index < -0.39 is 15.8 Å². The molecule has 6 heteroatoms. The van der Waals surface area contributed by atoms with E-state index >= 15 is 0 Å². The molecule has 0 unspecified atom stereocenters. The van der Waals surface area contributed by atoms with Crippen molar-refractivity contribution in [3.63, 3.8) is 0 Å². The van der Waals surface area contributed by atoms with Gasteiger partial charge in [-0.3, -0.25) is 4.79 Å². The van der Waals surface area contributed by atoms with E-state index in [4.69, 9.17) is 9.84 Å². The zero-order valence-electron chi connectivity index (χ0n) is 8.52. The van der Waals surface area contributed by atoms with Crippen LogP contribution in [0.15, 0.2) is 0 Å². The highest BCUT2D eigenvalue weighted by molar-refractivity contribution is 7.92. The van der Waals surface area contributed by atoms with Crippen molar-refractivity contribution in [3.05, 3.63) is 0 Å². The molecule has 5 nitrogen and oxygen atoms in total. The third-order valence-electron chi connectivity index (χ3n) is 2.50. The van der Waals surface area contributed by atoms with Crippen molar-refractivity contribution in [1.82, 2.24) is 0 Å². The van der Waals surface area contributed by atoms with Gasteiger partial charge >= 0.3 is 5.97 Å². The van der Waals surface area contributed by atoms with Gasteiger partial charge in [-0.1, -0.05) is 0 Å². The van der Waals surface area contributed by atoms with Gasteiger partial charge < -0.3 is 9.84 Å². The number of carbonyl (C=O) groups is 1. The number of rotatable bonds is 5. The van der Waals surface area contributed by atoms with Gasteiger partial charge in [-0.2, -0.15) is 0 Å². The van der Waals surface area contributed by atoms with Gasteiger partial charge in [-0.15, -0.1) is 0 Å². The lowest BCUT2D eigenvalue weighted by Crippen LogP contribution is -2.30. The smallest absolute Gasteiger partial charge is 0.303 e. The van der Waals surface area contributed by atoms with Crippen molar-refractivity contribution in [2.24, 2.45) is 0 Å². The van der Waals surface area contributed by atoms with E-state index in [0.717, 1.165) is 0 Å². The van der Waals surface area contributed by atoms with Gasteiger partial charge in [0.25, 0.3) is 0 Å². The summed E-state index contributed by atoms with van der Waals surface area (Å²) >= 11 is 0. The Hall–Kier alpha value is -0.620. The first-order valence-electron chi connectivity index (χ1n) is 5.03. The number of aliphatic carboxylic acids is 1. The van der Waals surface area contributed by atoms with Gasteiger partial charge in [0.1, 0.15) is 0 Å². The highest BCUT2D eigenvalue weighted by Gasteiger charge is 2.27. The summed E-state index contributed by atoms with van der Waals surface area (Å²) in [5, 5.41) is 8.07. The monoisotopic (exact) mass is 236 g/mol. The summed E-state index contributed by atoms with van der Waals surface area (Å²) < 4.78 is 28.5. The molecule has 15 heavy (non-hydrogen) atoms. The molecular formula is C9H16O5S. The van der Waals surface area contributed by atoms with Crippen molar-refractivity contribution in [1.29, 1.82) is 0 Å². The molecule has 1 aliphatic heterocycles. The summed E-state index contributed by atoms with van der Waals surface area (Å²) in [4.78, 5) is 10.2. The van der Waals surface area contributed by atoms with E-state index in [1.54, 1.807) is 0 Å². The first kappa shape index (κ1) is 12.4. The van der Waals surface area contributed by atoms with Crippen LogP contribution >= 0.6 is 0 Å². The molecule has 0 aliphatic carbocycles. The SMILES string of the molecule is O=C(O)CCCS(=O)(=O)C1CCOCC1. The van der Waals surface area contributed by atoms with Gasteiger partial charge in [0.05, 0.1) is 11.0 Å². The summed E-state index contributed by atoms with van der Waals surface area (Å²) in [6.07, 6.45) is 1.20. The molecule has 1 rings (SSSR count). The Morgan fingerprint density at radius 3 is 2.47 bits per heavy atom. The van der Waals surface area contributed by atoms with Crippen molar-refractivity contribution < 1.29 is 23.1 Å². The Morgan fingerprint density at radius 2 is 1.93 bits per heavy atom. The van der Waals surface area contributed by atoms with E-state index in [1.807, 2.05) is 0 Å². The molecule has 0 aromatic heterocycles. The fraction of sp³-hybridized carbons (Fsp3) is 0.889. The predicted octanol–water partition coefficient (Wildman–Crippen LogP) is 0.445. The molecule has 1 heterocycles. The molecule has 0 spiro atoms. The number of hydrogen-bond acceptors (Lipinski definition) is 4. The summed E-state index contributed by atoms with van der Waals surface area (Å²) in [7, 11) is -3.12. The van der Waals surface area contributed by atoms with Crippen molar-refractivity contribution in [2.75, 3.05) is 19.0 Å². The fourth-order valence-electron chi connectivity index (χ4n) is 1.63. The molecule has 0 bridgehead atoms. The van der Waals surface area contributed by atoms with Gasteiger partial charge in [-0.25, -0.2) is 8.42 Å². The number of sulfone groups is 1. The summed E-state index contributed by atoms with van der Waals surface area (Å²) in [5.74, 6) is -0.971. The third kappa shape index (κ3) is 4.17. The number of carboxylic acid groups (broad SMARTS) is 1. The number of ether oxygens (including phenoxy) is 1. The van der Waals surface area contributed by atoms with Crippen molar-refractivity contribution >= 4 is 15.8 Å². The molecule has 0 atom stereocenters. The van der Waals surface area contributed by atoms with E-state index in [2.05, 4.69) is 0 Å². The first-order valence-corrected chi connectivity index (χ1v) is 6.75. The van der Waals surface area contributed by atoms with Crippen molar-refractivity contribution in [2.45, 2.75) is 30.9 Å². The number of hydrogen-bond donors (Lipinski definition) is 1. The van der Waals surface area contributed by atoms with E-state index in [0.29, 0.717) is 26.1 Å². The van der Waals surface area contributed by atoms with Crippen LogP contribution in [-0.4, -0.2) is 43.7 Å². The molecule has 0 radical (unpaired) electrons. The Bertz CT molecular complexity index is 302. The van der Waals surface area contributed by atoms with Crippen molar-refractivity contribution in [3.8, 4) is 0 Å². The first-order chi connectivity index (χ1) is 7.02. The second-order valence-corrected chi connectivity index (χ2v) is 6.08. The lowest BCUT2D eigenvalue weighted by Gasteiger charge is -2.21. The van der Waals surface area contributed by atoms with Crippen LogP contribution in [-0.2, 0) is 19.4 Å². The van der Waals surface area contributed by atoms with Gasteiger partial charge in [0, 0.05) is 19.6 Å². The maximum atomic E-state index is 11.7. The summed E-state index contributed by atoms with van der Waals surface area (Å²) in [5.41, 5.74) is 0. The molecule has 1 saturated heterocycles. The lowest BCUT2D eigenvalue weighted by molar-refractivity contribution is -0.137. The lowest BCUT2D eigenvalue weighted by atomic mass is 10.2. The van der Waals surface area contributed by atoms with Crippen LogP contribution in [0.25, 0.3) is 0 Å².